The third-order valence-electron chi connectivity index (χ3n) is 3.15. The smallest absolute Gasteiger partial charge is 0.269 e. The zero-order valence-electron chi connectivity index (χ0n) is 10.7. The monoisotopic (exact) mass is 307 g/mol. The minimum absolute atomic E-state index is 0.109. The first-order valence-corrected chi connectivity index (χ1v) is 8.30. The van der Waals surface area contributed by atoms with E-state index in [-0.39, 0.29) is 10.6 Å². The zero-order valence-corrected chi connectivity index (χ0v) is 12.3. The van der Waals surface area contributed by atoms with Crippen molar-refractivity contribution in [1.82, 2.24) is 4.98 Å². The van der Waals surface area contributed by atoms with Gasteiger partial charge in [0.1, 0.15) is 0 Å². The number of rotatable bonds is 3. The molecule has 0 saturated carbocycles. The number of nitrogens with zero attached hydrogens (tertiary/aromatic N) is 3. The van der Waals surface area contributed by atoms with Crippen LogP contribution in [-0.2, 0) is 0 Å². The molecule has 3 rings (SSSR count). The van der Waals surface area contributed by atoms with Gasteiger partial charge < -0.3 is 4.90 Å². The van der Waals surface area contributed by atoms with Crippen molar-refractivity contribution in [3.63, 3.8) is 0 Å². The summed E-state index contributed by atoms with van der Waals surface area (Å²) < 4.78 is 0. The molecule has 0 unspecified atom stereocenters. The highest BCUT2D eigenvalue weighted by atomic mass is 32.2. The Morgan fingerprint density at radius 3 is 2.55 bits per heavy atom. The number of hydrogen-bond acceptors (Lipinski definition) is 6. The summed E-state index contributed by atoms with van der Waals surface area (Å²) >= 11 is 3.61. The second kappa shape index (κ2) is 5.80. The van der Waals surface area contributed by atoms with Crippen LogP contribution < -0.4 is 4.90 Å². The van der Waals surface area contributed by atoms with Crippen molar-refractivity contribution in [3.8, 4) is 11.3 Å². The summed E-state index contributed by atoms with van der Waals surface area (Å²) in [5.74, 6) is 2.29. The SMILES string of the molecule is O=[N+]([O-])c1ccc(-c2csc(N3CCSCC3)n2)cc1. The molecule has 1 aromatic carbocycles. The summed E-state index contributed by atoms with van der Waals surface area (Å²) in [4.78, 5) is 17.2. The highest BCUT2D eigenvalue weighted by Gasteiger charge is 2.15. The van der Waals surface area contributed by atoms with Gasteiger partial charge in [0.2, 0.25) is 0 Å². The Kier molecular flexibility index (Phi) is 3.88. The van der Waals surface area contributed by atoms with Crippen molar-refractivity contribution < 1.29 is 4.92 Å². The number of thioether (sulfide) groups is 1. The standard InChI is InChI=1S/C13H13N3O2S2/c17-16(18)11-3-1-10(2-4-11)12-9-20-13(14-12)15-5-7-19-8-6-15/h1-4,9H,5-8H2. The number of anilines is 1. The molecule has 0 bridgehead atoms. The van der Waals surface area contributed by atoms with Crippen LogP contribution in [0.1, 0.15) is 0 Å². The Bertz CT molecular complexity index is 606. The number of benzene rings is 1. The molecule has 0 aliphatic carbocycles. The molecule has 1 saturated heterocycles. The van der Waals surface area contributed by atoms with Crippen molar-refractivity contribution in [2.24, 2.45) is 0 Å². The second-order valence-electron chi connectivity index (χ2n) is 4.42. The van der Waals surface area contributed by atoms with Gasteiger partial charge in [0, 0.05) is 47.7 Å². The molecule has 1 fully saturated rings. The van der Waals surface area contributed by atoms with Crippen LogP contribution in [0.25, 0.3) is 11.3 Å². The van der Waals surface area contributed by atoms with Crippen molar-refractivity contribution >= 4 is 33.9 Å². The molecule has 104 valence electrons. The summed E-state index contributed by atoms with van der Waals surface area (Å²) in [6.45, 7) is 2.08. The van der Waals surface area contributed by atoms with E-state index in [0.717, 1.165) is 41.0 Å². The fourth-order valence-electron chi connectivity index (χ4n) is 2.05. The van der Waals surface area contributed by atoms with Gasteiger partial charge in [-0.2, -0.15) is 11.8 Å². The molecular weight excluding hydrogens is 294 g/mol. The molecule has 1 aliphatic rings. The summed E-state index contributed by atoms with van der Waals surface area (Å²) in [5.41, 5.74) is 1.92. The Labute approximate surface area is 124 Å². The number of non-ortho nitro benzene ring substituents is 1. The molecule has 2 heterocycles. The van der Waals surface area contributed by atoms with Crippen molar-refractivity contribution in [2.75, 3.05) is 29.5 Å². The molecule has 0 spiro atoms. The quantitative estimate of drug-likeness (QED) is 0.643. The van der Waals surface area contributed by atoms with Crippen LogP contribution in [0.4, 0.5) is 10.8 Å². The Morgan fingerprint density at radius 2 is 1.90 bits per heavy atom. The van der Waals surface area contributed by atoms with Crippen LogP contribution in [-0.4, -0.2) is 34.5 Å². The lowest BCUT2D eigenvalue weighted by atomic mass is 10.1. The largest absolute Gasteiger partial charge is 0.346 e. The molecule has 5 nitrogen and oxygen atoms in total. The average Bonchev–Trinajstić information content (AvgIpc) is 2.98. The molecule has 0 radical (unpaired) electrons. The molecule has 0 amide bonds. The van der Waals surface area contributed by atoms with Crippen molar-refractivity contribution in [1.29, 1.82) is 0 Å². The van der Waals surface area contributed by atoms with Gasteiger partial charge in [-0.25, -0.2) is 4.98 Å². The molecule has 20 heavy (non-hydrogen) atoms. The number of aromatic nitrogens is 1. The van der Waals surface area contributed by atoms with Gasteiger partial charge in [-0.1, -0.05) is 0 Å². The Balaban J connectivity index is 1.80. The third kappa shape index (κ3) is 2.78. The van der Waals surface area contributed by atoms with E-state index in [2.05, 4.69) is 9.88 Å². The van der Waals surface area contributed by atoms with E-state index in [1.807, 2.05) is 17.1 Å². The lowest BCUT2D eigenvalue weighted by Crippen LogP contribution is -2.32. The molecule has 1 aliphatic heterocycles. The van der Waals surface area contributed by atoms with Crippen LogP contribution in [0, 0.1) is 10.1 Å². The summed E-state index contributed by atoms with van der Waals surface area (Å²) in [7, 11) is 0. The van der Waals surface area contributed by atoms with Crippen LogP contribution in [0.2, 0.25) is 0 Å². The van der Waals surface area contributed by atoms with Crippen molar-refractivity contribution in [2.45, 2.75) is 0 Å². The van der Waals surface area contributed by atoms with Gasteiger partial charge in [0.05, 0.1) is 10.6 Å². The first-order valence-electron chi connectivity index (χ1n) is 6.27. The third-order valence-corrected chi connectivity index (χ3v) is 4.99. The van der Waals surface area contributed by atoms with Gasteiger partial charge in [-0.15, -0.1) is 11.3 Å². The van der Waals surface area contributed by atoms with E-state index >= 15 is 0 Å². The van der Waals surface area contributed by atoms with Crippen LogP contribution >= 0.6 is 23.1 Å². The highest BCUT2D eigenvalue weighted by molar-refractivity contribution is 7.99. The van der Waals surface area contributed by atoms with Gasteiger partial charge in [0.15, 0.2) is 5.13 Å². The first kappa shape index (κ1) is 13.4. The molecule has 0 atom stereocenters. The minimum Gasteiger partial charge on any atom is -0.346 e. The van der Waals surface area contributed by atoms with E-state index < -0.39 is 0 Å². The number of nitro groups is 1. The van der Waals surface area contributed by atoms with Crippen molar-refractivity contribution in [3.05, 3.63) is 39.8 Å². The predicted octanol–water partition coefficient (Wildman–Crippen LogP) is 3.27. The fourth-order valence-corrected chi connectivity index (χ4v) is 3.84. The van der Waals surface area contributed by atoms with Crippen LogP contribution in [0.5, 0.6) is 0 Å². The molecule has 0 N–H and O–H groups in total. The lowest BCUT2D eigenvalue weighted by Gasteiger charge is -2.25. The maximum atomic E-state index is 10.6. The zero-order chi connectivity index (χ0) is 13.9. The lowest BCUT2D eigenvalue weighted by molar-refractivity contribution is -0.384. The van der Waals surface area contributed by atoms with Gasteiger partial charge in [0.25, 0.3) is 5.69 Å². The second-order valence-corrected chi connectivity index (χ2v) is 6.48. The average molecular weight is 307 g/mol. The Hall–Kier alpha value is -1.60. The summed E-state index contributed by atoms with van der Waals surface area (Å²) in [6.07, 6.45) is 0. The van der Waals surface area contributed by atoms with E-state index in [4.69, 9.17) is 0 Å². The molecule has 2 aromatic rings. The topological polar surface area (TPSA) is 59.3 Å². The minimum atomic E-state index is -0.387. The predicted molar refractivity (Wildman–Crippen MR) is 83.7 cm³/mol. The van der Waals surface area contributed by atoms with Gasteiger partial charge >= 0.3 is 0 Å². The van der Waals surface area contributed by atoms with Gasteiger partial charge in [-0.05, 0) is 12.1 Å². The summed E-state index contributed by atoms with van der Waals surface area (Å²) in [5, 5.41) is 13.7. The number of nitro benzene ring substituents is 1. The van der Waals surface area contributed by atoms with E-state index in [1.54, 1.807) is 23.5 Å². The molecule has 7 heteroatoms. The maximum absolute atomic E-state index is 10.6. The van der Waals surface area contributed by atoms with E-state index in [9.17, 15) is 10.1 Å². The van der Waals surface area contributed by atoms with E-state index in [1.165, 1.54) is 12.1 Å². The van der Waals surface area contributed by atoms with Gasteiger partial charge in [-0.3, -0.25) is 10.1 Å². The van der Waals surface area contributed by atoms with Crippen LogP contribution in [0.3, 0.4) is 0 Å². The fraction of sp³-hybridized carbons (Fsp3) is 0.308. The van der Waals surface area contributed by atoms with E-state index in [0.29, 0.717) is 0 Å². The summed E-state index contributed by atoms with van der Waals surface area (Å²) in [6, 6.07) is 6.55. The number of hydrogen-bond donors (Lipinski definition) is 0. The normalized spacial score (nSPS) is 15.3. The first-order chi connectivity index (χ1) is 9.74. The molecule has 1 aromatic heterocycles. The maximum Gasteiger partial charge on any atom is 0.269 e. The molecular formula is C13H13N3O2S2. The number of thiazole rings is 1. The van der Waals surface area contributed by atoms with Crippen LogP contribution in [0.15, 0.2) is 29.6 Å². The highest BCUT2D eigenvalue weighted by Crippen LogP contribution is 2.29. The Morgan fingerprint density at radius 1 is 1.20 bits per heavy atom.